The van der Waals surface area contributed by atoms with Crippen molar-refractivity contribution in [2.24, 2.45) is 0 Å². The molecule has 0 spiro atoms. The van der Waals surface area contributed by atoms with E-state index in [1.165, 1.54) is 11.8 Å². The van der Waals surface area contributed by atoms with Gasteiger partial charge in [0.15, 0.2) is 0 Å². The van der Waals surface area contributed by atoms with Crippen molar-refractivity contribution in [2.75, 3.05) is 6.61 Å². The number of nitrogens with zero attached hydrogens (tertiary/aromatic N) is 1. The Bertz CT molecular complexity index is 446. The van der Waals surface area contributed by atoms with Crippen LogP contribution in [0, 0.1) is 0 Å². The first kappa shape index (κ1) is 16.2. The smallest absolute Gasteiger partial charge is 0.326 e. The maximum absolute atomic E-state index is 12.3. The van der Waals surface area contributed by atoms with E-state index in [2.05, 4.69) is 0 Å². The summed E-state index contributed by atoms with van der Waals surface area (Å²) >= 11 is 0. The molecule has 1 rings (SSSR count). The van der Waals surface area contributed by atoms with Gasteiger partial charge in [-0.15, -0.1) is 0 Å². The summed E-state index contributed by atoms with van der Waals surface area (Å²) in [6.45, 7) is 5.60. The van der Waals surface area contributed by atoms with Gasteiger partial charge in [-0.1, -0.05) is 30.3 Å². The number of carboxylic acids is 1. The quantitative estimate of drug-likeness (QED) is 0.828. The number of carbonyl (C=O) groups excluding carboxylic acids is 1. The molecule has 0 aliphatic rings. The number of carboxylic acid groups (broad SMARTS) is 1. The largest absolute Gasteiger partial charge is 0.480 e. The van der Waals surface area contributed by atoms with Gasteiger partial charge in [0, 0.05) is 13.2 Å². The van der Waals surface area contributed by atoms with Gasteiger partial charge in [-0.25, -0.2) is 4.79 Å². The molecule has 0 aliphatic carbocycles. The molecule has 1 aromatic carbocycles. The first-order chi connectivity index (χ1) is 9.47. The van der Waals surface area contributed by atoms with Gasteiger partial charge in [0.2, 0.25) is 0 Å². The van der Waals surface area contributed by atoms with E-state index in [-0.39, 0.29) is 12.5 Å². The molecule has 0 bridgehead atoms. The van der Waals surface area contributed by atoms with Crippen molar-refractivity contribution in [3.8, 4) is 0 Å². The average molecular weight is 279 g/mol. The van der Waals surface area contributed by atoms with Crippen molar-refractivity contribution in [2.45, 2.75) is 39.5 Å². The van der Waals surface area contributed by atoms with E-state index < -0.39 is 18.1 Å². The first-order valence-corrected chi connectivity index (χ1v) is 6.66. The highest BCUT2D eigenvalue weighted by molar-refractivity contribution is 5.86. The van der Waals surface area contributed by atoms with Gasteiger partial charge < -0.3 is 14.7 Å². The van der Waals surface area contributed by atoms with Crippen molar-refractivity contribution in [1.29, 1.82) is 0 Å². The Kier molecular flexibility index (Phi) is 6.18. The molecule has 0 radical (unpaired) electrons. The van der Waals surface area contributed by atoms with Crippen molar-refractivity contribution in [3.05, 3.63) is 35.9 Å². The molecular weight excluding hydrogens is 258 g/mol. The lowest BCUT2D eigenvalue weighted by molar-refractivity contribution is -0.155. The fraction of sp³-hybridized carbons (Fsp3) is 0.467. The summed E-state index contributed by atoms with van der Waals surface area (Å²) in [5.74, 6) is -1.34. The maximum atomic E-state index is 12.3. The number of hydrogen-bond acceptors (Lipinski definition) is 3. The Hall–Kier alpha value is -1.88. The Balaban J connectivity index is 2.91. The number of aliphatic carboxylic acids is 1. The molecule has 0 heterocycles. The van der Waals surface area contributed by atoms with Crippen molar-refractivity contribution in [1.82, 2.24) is 4.90 Å². The molecule has 5 nitrogen and oxygen atoms in total. The summed E-state index contributed by atoms with van der Waals surface area (Å²) < 4.78 is 5.27. The predicted molar refractivity (Wildman–Crippen MR) is 75.2 cm³/mol. The summed E-state index contributed by atoms with van der Waals surface area (Å²) in [7, 11) is 0. The molecule has 2 atom stereocenters. The van der Waals surface area contributed by atoms with Gasteiger partial charge in [0.1, 0.15) is 12.1 Å². The monoisotopic (exact) mass is 279 g/mol. The zero-order valence-corrected chi connectivity index (χ0v) is 12.1. The summed E-state index contributed by atoms with van der Waals surface area (Å²) in [6, 6.07) is 8.41. The standard InChI is InChI=1S/C15H21NO4/c1-4-20-12(3)14(17)16(11(2)15(18)19)10-13-8-6-5-7-9-13/h5-9,11-12H,4,10H2,1-3H3,(H,18,19). The van der Waals surface area contributed by atoms with Crippen LogP contribution in [-0.4, -0.2) is 40.6 Å². The Labute approximate surface area is 119 Å². The van der Waals surface area contributed by atoms with Crippen molar-refractivity contribution >= 4 is 11.9 Å². The predicted octanol–water partition coefficient (Wildman–Crippen LogP) is 1.91. The normalized spacial score (nSPS) is 13.6. The molecule has 0 saturated heterocycles. The Morgan fingerprint density at radius 2 is 1.85 bits per heavy atom. The Morgan fingerprint density at radius 1 is 1.25 bits per heavy atom. The van der Waals surface area contributed by atoms with Gasteiger partial charge >= 0.3 is 5.97 Å². The second-order valence-electron chi connectivity index (χ2n) is 4.56. The van der Waals surface area contributed by atoms with Crippen molar-refractivity contribution < 1.29 is 19.4 Å². The molecule has 0 aliphatic heterocycles. The molecule has 20 heavy (non-hydrogen) atoms. The minimum Gasteiger partial charge on any atom is -0.480 e. The van der Waals surface area contributed by atoms with E-state index in [1.54, 1.807) is 13.8 Å². The molecular formula is C15H21NO4. The summed E-state index contributed by atoms with van der Waals surface area (Å²) in [5.41, 5.74) is 0.887. The Morgan fingerprint density at radius 3 is 2.35 bits per heavy atom. The molecule has 0 aromatic heterocycles. The fourth-order valence-corrected chi connectivity index (χ4v) is 1.87. The lowest BCUT2D eigenvalue weighted by Gasteiger charge is -2.29. The van der Waals surface area contributed by atoms with Crippen LogP contribution in [0.3, 0.4) is 0 Å². The maximum Gasteiger partial charge on any atom is 0.326 e. The second-order valence-corrected chi connectivity index (χ2v) is 4.56. The summed E-state index contributed by atoms with van der Waals surface area (Å²) in [4.78, 5) is 24.8. The summed E-state index contributed by atoms with van der Waals surface area (Å²) in [6.07, 6.45) is -0.648. The molecule has 1 N–H and O–H groups in total. The lowest BCUT2D eigenvalue weighted by Crippen LogP contribution is -2.47. The number of benzene rings is 1. The third kappa shape index (κ3) is 4.35. The van der Waals surface area contributed by atoms with Gasteiger partial charge in [-0.3, -0.25) is 4.79 Å². The number of carbonyl (C=O) groups is 2. The van der Waals surface area contributed by atoms with Crippen LogP contribution >= 0.6 is 0 Å². The van der Waals surface area contributed by atoms with E-state index in [1.807, 2.05) is 30.3 Å². The van der Waals surface area contributed by atoms with Crippen LogP contribution in [-0.2, 0) is 20.9 Å². The van der Waals surface area contributed by atoms with Crippen LogP contribution in [0.5, 0.6) is 0 Å². The van der Waals surface area contributed by atoms with Crippen molar-refractivity contribution in [3.63, 3.8) is 0 Å². The highest BCUT2D eigenvalue weighted by Crippen LogP contribution is 2.12. The van der Waals surface area contributed by atoms with Gasteiger partial charge in [0.25, 0.3) is 5.91 Å². The van der Waals surface area contributed by atoms with Crippen LogP contribution in [0.4, 0.5) is 0 Å². The third-order valence-electron chi connectivity index (χ3n) is 3.07. The highest BCUT2D eigenvalue weighted by Gasteiger charge is 2.29. The highest BCUT2D eigenvalue weighted by atomic mass is 16.5. The molecule has 5 heteroatoms. The molecule has 0 saturated carbocycles. The molecule has 110 valence electrons. The SMILES string of the molecule is CCOC(C)C(=O)N(Cc1ccccc1)C(C)C(=O)O. The van der Waals surface area contributed by atoms with E-state index >= 15 is 0 Å². The molecule has 0 fully saturated rings. The van der Waals surface area contributed by atoms with Crippen LogP contribution in [0.15, 0.2) is 30.3 Å². The zero-order chi connectivity index (χ0) is 15.1. The van der Waals surface area contributed by atoms with Gasteiger partial charge in [-0.2, -0.15) is 0 Å². The average Bonchev–Trinajstić information content (AvgIpc) is 2.44. The minimum atomic E-state index is -1.03. The number of amides is 1. The lowest BCUT2D eigenvalue weighted by atomic mass is 10.1. The van der Waals surface area contributed by atoms with E-state index in [4.69, 9.17) is 9.84 Å². The minimum absolute atomic E-state index is 0.255. The van der Waals surface area contributed by atoms with Crippen LogP contribution in [0.1, 0.15) is 26.3 Å². The second kappa shape index (κ2) is 7.65. The van der Waals surface area contributed by atoms with Crippen LogP contribution < -0.4 is 0 Å². The van der Waals surface area contributed by atoms with E-state index in [0.29, 0.717) is 6.61 Å². The fourth-order valence-electron chi connectivity index (χ4n) is 1.87. The van der Waals surface area contributed by atoms with Gasteiger partial charge in [-0.05, 0) is 26.3 Å². The van der Waals surface area contributed by atoms with Crippen LogP contribution in [0.2, 0.25) is 0 Å². The van der Waals surface area contributed by atoms with E-state index in [0.717, 1.165) is 5.56 Å². The summed E-state index contributed by atoms with van der Waals surface area (Å²) in [5, 5.41) is 9.16. The zero-order valence-electron chi connectivity index (χ0n) is 12.1. The number of hydrogen-bond donors (Lipinski definition) is 1. The van der Waals surface area contributed by atoms with Crippen LogP contribution in [0.25, 0.3) is 0 Å². The third-order valence-corrected chi connectivity index (χ3v) is 3.07. The topological polar surface area (TPSA) is 66.8 Å². The molecule has 2 unspecified atom stereocenters. The van der Waals surface area contributed by atoms with E-state index in [9.17, 15) is 9.59 Å². The number of rotatable bonds is 7. The first-order valence-electron chi connectivity index (χ1n) is 6.66. The number of ether oxygens (including phenoxy) is 1. The molecule has 1 amide bonds. The van der Waals surface area contributed by atoms with Gasteiger partial charge in [0.05, 0.1) is 0 Å². The molecule has 1 aromatic rings.